The summed E-state index contributed by atoms with van der Waals surface area (Å²) >= 11 is 0. The molecule has 1 aromatic rings. The van der Waals surface area contributed by atoms with Crippen molar-refractivity contribution in [2.75, 3.05) is 13.2 Å². The topological polar surface area (TPSA) is 108 Å². The molecular weight excluding hydrogens is 446 g/mol. The van der Waals surface area contributed by atoms with Gasteiger partial charge in [-0.25, -0.2) is 0 Å². The molecule has 8 heteroatoms. The lowest BCUT2D eigenvalue weighted by Crippen LogP contribution is -2.56. The van der Waals surface area contributed by atoms with Crippen molar-refractivity contribution < 1.29 is 24.2 Å². The molecule has 4 rings (SSSR count). The molecule has 192 valence electrons. The molecule has 3 unspecified atom stereocenters. The van der Waals surface area contributed by atoms with Crippen LogP contribution in [0, 0.1) is 11.8 Å². The van der Waals surface area contributed by atoms with Gasteiger partial charge in [0.15, 0.2) is 0 Å². The second-order valence-corrected chi connectivity index (χ2v) is 10.3. The van der Waals surface area contributed by atoms with Crippen LogP contribution >= 0.6 is 0 Å². The van der Waals surface area contributed by atoms with Gasteiger partial charge in [-0.05, 0) is 51.0 Å². The molecule has 0 aliphatic carbocycles. The molecule has 3 amide bonds. The van der Waals surface area contributed by atoms with Crippen LogP contribution in [-0.2, 0) is 25.7 Å². The number of aliphatic hydroxyl groups excluding tert-OH is 1. The summed E-state index contributed by atoms with van der Waals surface area (Å²) < 4.78 is 6.45. The van der Waals surface area contributed by atoms with Crippen LogP contribution in [0.3, 0.4) is 0 Å². The molecule has 0 radical (unpaired) electrons. The number of ether oxygens (including phenoxy) is 1. The fourth-order valence-corrected chi connectivity index (χ4v) is 6.29. The molecule has 6 atom stereocenters. The van der Waals surface area contributed by atoms with Crippen LogP contribution < -0.4 is 10.6 Å². The van der Waals surface area contributed by atoms with E-state index < -0.39 is 23.5 Å². The van der Waals surface area contributed by atoms with Crippen molar-refractivity contribution in [3.63, 3.8) is 0 Å². The summed E-state index contributed by atoms with van der Waals surface area (Å²) in [7, 11) is 0. The minimum absolute atomic E-state index is 0.00198. The second kappa shape index (κ2) is 11.1. The molecule has 0 saturated carbocycles. The molecule has 3 heterocycles. The third-order valence-electron chi connectivity index (χ3n) is 7.83. The SMILES string of the molecule is CCCC(C)NC(=O)C1N(CCCCCO)C(=O)[C@@H]2[C@H](C(=O)NCc3ccccc3)[C@@H]3CCC12O3. The van der Waals surface area contributed by atoms with E-state index in [0.717, 1.165) is 24.8 Å². The van der Waals surface area contributed by atoms with Gasteiger partial charge in [0.25, 0.3) is 0 Å². The zero-order valence-electron chi connectivity index (χ0n) is 20.9. The van der Waals surface area contributed by atoms with Gasteiger partial charge in [-0.15, -0.1) is 0 Å². The highest BCUT2D eigenvalue weighted by Gasteiger charge is 2.74. The Kier molecular flexibility index (Phi) is 8.12. The molecule has 2 bridgehead atoms. The maximum Gasteiger partial charge on any atom is 0.246 e. The lowest BCUT2D eigenvalue weighted by atomic mass is 9.70. The minimum Gasteiger partial charge on any atom is -0.396 e. The molecule has 3 saturated heterocycles. The Labute approximate surface area is 207 Å². The number of carbonyl (C=O) groups is 3. The summed E-state index contributed by atoms with van der Waals surface area (Å²) in [5, 5.41) is 15.2. The lowest BCUT2D eigenvalue weighted by Gasteiger charge is -2.34. The Balaban J connectivity index is 1.55. The molecule has 3 aliphatic heterocycles. The van der Waals surface area contributed by atoms with Gasteiger partial charge in [-0.3, -0.25) is 14.4 Å². The van der Waals surface area contributed by atoms with Gasteiger partial charge in [-0.2, -0.15) is 0 Å². The maximum atomic E-state index is 13.8. The highest BCUT2D eigenvalue weighted by atomic mass is 16.5. The number of aliphatic hydroxyl groups is 1. The highest BCUT2D eigenvalue weighted by molar-refractivity contribution is 5.99. The van der Waals surface area contributed by atoms with Crippen LogP contribution in [0.4, 0.5) is 0 Å². The smallest absolute Gasteiger partial charge is 0.246 e. The summed E-state index contributed by atoms with van der Waals surface area (Å²) in [6.07, 6.45) is 4.84. The summed E-state index contributed by atoms with van der Waals surface area (Å²) in [6.45, 7) is 4.97. The average Bonchev–Trinajstić information content (AvgIpc) is 3.48. The Morgan fingerprint density at radius 1 is 1.20 bits per heavy atom. The zero-order valence-corrected chi connectivity index (χ0v) is 20.9. The number of rotatable bonds is 12. The van der Waals surface area contributed by atoms with Crippen LogP contribution in [0.1, 0.15) is 64.4 Å². The van der Waals surface area contributed by atoms with E-state index in [2.05, 4.69) is 17.6 Å². The molecule has 35 heavy (non-hydrogen) atoms. The van der Waals surface area contributed by atoms with Gasteiger partial charge in [0.05, 0.1) is 17.9 Å². The molecule has 3 aliphatic rings. The van der Waals surface area contributed by atoms with Crippen molar-refractivity contribution in [3.8, 4) is 0 Å². The van der Waals surface area contributed by atoms with Gasteiger partial charge in [0, 0.05) is 25.7 Å². The molecule has 3 N–H and O–H groups in total. The third-order valence-corrected chi connectivity index (χ3v) is 7.83. The number of likely N-dealkylation sites (tertiary alicyclic amines) is 1. The Hall–Kier alpha value is -2.45. The average molecular weight is 486 g/mol. The largest absolute Gasteiger partial charge is 0.396 e. The van der Waals surface area contributed by atoms with Crippen LogP contribution in [0.15, 0.2) is 30.3 Å². The first kappa shape index (κ1) is 25.6. The standard InChI is InChI=1S/C27H39N3O5/c1-3-10-18(2)29-25(33)23-27-14-13-20(35-27)21(24(32)28-17-19-11-6-4-7-12-19)22(27)26(34)30(23)15-8-5-9-16-31/h4,6-7,11-12,18,20-23,31H,3,5,8-10,13-17H2,1-2H3,(H,28,32)(H,29,33)/t18?,20-,21+,22-,23?,27?/m0/s1. The number of fused-ring (bicyclic) bond motifs is 1. The molecular formula is C27H39N3O5. The normalized spacial score (nSPS) is 29.8. The number of hydrogen-bond donors (Lipinski definition) is 3. The van der Waals surface area contributed by atoms with Gasteiger partial charge in [-0.1, -0.05) is 43.7 Å². The first-order valence-corrected chi connectivity index (χ1v) is 13.1. The van der Waals surface area contributed by atoms with Crippen molar-refractivity contribution in [1.82, 2.24) is 15.5 Å². The summed E-state index contributed by atoms with van der Waals surface area (Å²) in [4.78, 5) is 42.4. The van der Waals surface area contributed by atoms with E-state index in [9.17, 15) is 14.4 Å². The number of nitrogens with zero attached hydrogens (tertiary/aromatic N) is 1. The Bertz CT molecular complexity index is 909. The van der Waals surface area contributed by atoms with E-state index in [1.165, 1.54) is 0 Å². The van der Waals surface area contributed by atoms with E-state index in [0.29, 0.717) is 38.8 Å². The maximum absolute atomic E-state index is 13.8. The third kappa shape index (κ3) is 4.96. The van der Waals surface area contributed by atoms with Crippen molar-refractivity contribution in [2.24, 2.45) is 11.8 Å². The van der Waals surface area contributed by atoms with Crippen molar-refractivity contribution in [2.45, 2.75) is 89.1 Å². The number of carbonyl (C=O) groups excluding carboxylic acids is 3. The van der Waals surface area contributed by atoms with E-state index in [1.807, 2.05) is 37.3 Å². The Morgan fingerprint density at radius 2 is 1.97 bits per heavy atom. The first-order chi connectivity index (χ1) is 16.9. The lowest BCUT2D eigenvalue weighted by molar-refractivity contribution is -0.142. The van der Waals surface area contributed by atoms with Crippen molar-refractivity contribution >= 4 is 17.7 Å². The van der Waals surface area contributed by atoms with E-state index >= 15 is 0 Å². The van der Waals surface area contributed by atoms with E-state index in [1.54, 1.807) is 4.90 Å². The summed E-state index contributed by atoms with van der Waals surface area (Å²) in [5.41, 5.74) is 0.0359. The number of unbranched alkanes of at least 4 members (excludes halogenated alkanes) is 2. The number of amides is 3. The van der Waals surface area contributed by atoms with E-state index in [-0.39, 0.29) is 36.5 Å². The van der Waals surface area contributed by atoms with Gasteiger partial charge in [0.1, 0.15) is 11.6 Å². The van der Waals surface area contributed by atoms with Gasteiger partial charge in [0.2, 0.25) is 17.7 Å². The van der Waals surface area contributed by atoms with Crippen LogP contribution in [0.2, 0.25) is 0 Å². The minimum atomic E-state index is -0.955. The predicted octanol–water partition coefficient (Wildman–Crippen LogP) is 2.14. The molecule has 3 fully saturated rings. The van der Waals surface area contributed by atoms with Crippen LogP contribution in [0.25, 0.3) is 0 Å². The monoisotopic (exact) mass is 485 g/mol. The first-order valence-electron chi connectivity index (χ1n) is 13.1. The van der Waals surface area contributed by atoms with Gasteiger partial charge >= 0.3 is 0 Å². The van der Waals surface area contributed by atoms with Gasteiger partial charge < -0.3 is 25.4 Å². The summed E-state index contributed by atoms with van der Waals surface area (Å²) in [6, 6.07) is 8.95. The number of hydrogen-bond acceptors (Lipinski definition) is 5. The van der Waals surface area contributed by atoms with Crippen molar-refractivity contribution in [3.05, 3.63) is 35.9 Å². The zero-order chi connectivity index (χ0) is 25.0. The van der Waals surface area contributed by atoms with Crippen LogP contribution in [0.5, 0.6) is 0 Å². The quantitative estimate of drug-likeness (QED) is 0.393. The number of benzene rings is 1. The molecule has 0 aromatic heterocycles. The fraction of sp³-hybridized carbons (Fsp3) is 0.667. The summed E-state index contributed by atoms with van der Waals surface area (Å²) in [5.74, 6) is -1.76. The molecule has 1 spiro atoms. The molecule has 1 aromatic carbocycles. The van der Waals surface area contributed by atoms with Crippen LogP contribution in [-0.4, -0.2) is 64.7 Å². The molecule has 8 nitrogen and oxygen atoms in total. The van der Waals surface area contributed by atoms with E-state index in [4.69, 9.17) is 9.84 Å². The number of nitrogens with one attached hydrogen (secondary N) is 2. The highest BCUT2D eigenvalue weighted by Crippen LogP contribution is 2.58. The predicted molar refractivity (Wildman–Crippen MR) is 131 cm³/mol. The second-order valence-electron chi connectivity index (χ2n) is 10.3. The fourth-order valence-electron chi connectivity index (χ4n) is 6.29. The van der Waals surface area contributed by atoms with Crippen molar-refractivity contribution in [1.29, 1.82) is 0 Å². The Morgan fingerprint density at radius 3 is 2.69 bits per heavy atom.